The standard InChI is InChI=1S/C46H47N5O4/c1-32-43(30-51-24-22-50(23-25-51)29-33-8-3-2-4-9-33)54-46(55-44(32)37-16-14-34(31-52)15-17-37)38-20-18-36(19-21-38)39-11-7-10-35(26-39)27-48-45(53)42-28-47-40-12-5-6-13-41(40)49-42/h2-21,26,28,32,43-44,46,52H,22-25,27,29-31H2,1H3,(H,48,53)/t32-,43+,44+,46+/m0/s1. The Kier molecular flexibility index (Phi) is 11.3. The lowest BCUT2D eigenvalue weighted by molar-refractivity contribution is -0.276. The van der Waals surface area contributed by atoms with Gasteiger partial charge in [0.05, 0.1) is 36.0 Å². The number of aliphatic hydroxyl groups excluding tert-OH is 1. The summed E-state index contributed by atoms with van der Waals surface area (Å²) in [6, 6.07) is 42.9. The number of amides is 1. The third kappa shape index (κ3) is 8.83. The van der Waals surface area contributed by atoms with E-state index >= 15 is 0 Å². The predicted molar refractivity (Wildman–Crippen MR) is 214 cm³/mol. The molecule has 8 rings (SSSR count). The minimum absolute atomic E-state index is 0.0103. The van der Waals surface area contributed by atoms with Gasteiger partial charge in [0.25, 0.3) is 5.91 Å². The monoisotopic (exact) mass is 733 g/mol. The van der Waals surface area contributed by atoms with Crippen LogP contribution in [0.15, 0.2) is 134 Å². The molecule has 2 fully saturated rings. The minimum atomic E-state index is -0.531. The molecule has 2 aliphatic rings. The average molecular weight is 734 g/mol. The van der Waals surface area contributed by atoms with E-state index in [2.05, 4.69) is 111 Å². The number of carbonyl (C=O) groups is 1. The topological polar surface area (TPSA) is 100 Å². The molecule has 2 N–H and O–H groups in total. The van der Waals surface area contributed by atoms with Crippen LogP contribution in [-0.4, -0.2) is 69.6 Å². The van der Waals surface area contributed by atoms with Crippen molar-refractivity contribution in [2.24, 2.45) is 5.92 Å². The average Bonchev–Trinajstić information content (AvgIpc) is 3.24. The van der Waals surface area contributed by atoms with Crippen molar-refractivity contribution in [3.63, 3.8) is 0 Å². The Bertz CT molecular complexity index is 2190. The highest BCUT2D eigenvalue weighted by Gasteiger charge is 2.39. The Balaban J connectivity index is 0.940. The number of aliphatic hydroxyl groups is 1. The molecule has 2 aliphatic heterocycles. The molecule has 0 saturated carbocycles. The van der Waals surface area contributed by atoms with Crippen molar-refractivity contribution in [1.82, 2.24) is 25.1 Å². The number of nitrogens with one attached hydrogen (secondary N) is 1. The Morgan fingerprint density at radius 3 is 2.18 bits per heavy atom. The summed E-state index contributed by atoms with van der Waals surface area (Å²) < 4.78 is 13.6. The van der Waals surface area contributed by atoms with E-state index in [1.807, 2.05) is 48.5 Å². The second-order valence-electron chi connectivity index (χ2n) is 14.6. The van der Waals surface area contributed by atoms with E-state index < -0.39 is 6.29 Å². The van der Waals surface area contributed by atoms with Gasteiger partial charge in [-0.15, -0.1) is 0 Å². The summed E-state index contributed by atoms with van der Waals surface area (Å²) in [5.41, 5.74) is 9.11. The number of carbonyl (C=O) groups excluding carboxylic acids is 1. The second kappa shape index (κ2) is 17.0. The summed E-state index contributed by atoms with van der Waals surface area (Å²) in [5.74, 6) is -0.143. The molecule has 9 nitrogen and oxygen atoms in total. The highest BCUT2D eigenvalue weighted by Crippen LogP contribution is 2.42. The zero-order valence-electron chi connectivity index (χ0n) is 31.1. The van der Waals surface area contributed by atoms with Gasteiger partial charge in [0.1, 0.15) is 5.69 Å². The molecule has 6 aromatic rings. The number of aromatic nitrogens is 2. The lowest BCUT2D eigenvalue weighted by Crippen LogP contribution is -2.51. The maximum Gasteiger partial charge on any atom is 0.271 e. The van der Waals surface area contributed by atoms with Crippen LogP contribution in [0, 0.1) is 5.92 Å². The van der Waals surface area contributed by atoms with Gasteiger partial charge in [-0.25, -0.2) is 4.98 Å². The fraction of sp³-hybridized carbons (Fsp3) is 0.283. The molecule has 1 amide bonds. The van der Waals surface area contributed by atoms with Gasteiger partial charge >= 0.3 is 0 Å². The highest BCUT2D eigenvalue weighted by atomic mass is 16.7. The molecule has 0 radical (unpaired) electrons. The summed E-state index contributed by atoms with van der Waals surface area (Å²) in [6.45, 7) is 8.45. The molecule has 0 unspecified atom stereocenters. The van der Waals surface area contributed by atoms with Crippen LogP contribution in [-0.2, 0) is 29.2 Å². The van der Waals surface area contributed by atoms with Crippen LogP contribution in [0.25, 0.3) is 22.2 Å². The summed E-state index contributed by atoms with van der Waals surface area (Å²) >= 11 is 0. The van der Waals surface area contributed by atoms with E-state index in [4.69, 9.17) is 9.47 Å². The van der Waals surface area contributed by atoms with Crippen molar-refractivity contribution < 1.29 is 19.4 Å². The highest BCUT2D eigenvalue weighted by molar-refractivity contribution is 5.93. The van der Waals surface area contributed by atoms with E-state index in [9.17, 15) is 9.90 Å². The summed E-state index contributed by atoms with van der Waals surface area (Å²) in [4.78, 5) is 26.8. The van der Waals surface area contributed by atoms with E-state index in [-0.39, 0.29) is 30.6 Å². The largest absolute Gasteiger partial charge is 0.392 e. The summed E-state index contributed by atoms with van der Waals surface area (Å²) in [7, 11) is 0. The van der Waals surface area contributed by atoms with Gasteiger partial charge in [-0.05, 0) is 51.6 Å². The predicted octanol–water partition coefficient (Wildman–Crippen LogP) is 7.33. The lowest BCUT2D eigenvalue weighted by Gasteiger charge is -2.44. The van der Waals surface area contributed by atoms with Crippen molar-refractivity contribution in [1.29, 1.82) is 0 Å². The first-order valence-electron chi connectivity index (χ1n) is 19.2. The van der Waals surface area contributed by atoms with Crippen molar-refractivity contribution >= 4 is 16.9 Å². The number of nitrogens with zero attached hydrogens (tertiary/aromatic N) is 4. The van der Waals surface area contributed by atoms with Crippen molar-refractivity contribution in [3.05, 3.63) is 167 Å². The Morgan fingerprint density at radius 1 is 0.727 bits per heavy atom. The van der Waals surface area contributed by atoms with Crippen LogP contribution in [0.3, 0.4) is 0 Å². The van der Waals surface area contributed by atoms with E-state index in [0.717, 1.165) is 78.2 Å². The molecular formula is C46H47N5O4. The van der Waals surface area contributed by atoms with Crippen LogP contribution in [0.2, 0.25) is 0 Å². The molecule has 0 bridgehead atoms. The van der Waals surface area contributed by atoms with Gasteiger partial charge in [-0.1, -0.05) is 116 Å². The van der Waals surface area contributed by atoms with Crippen LogP contribution in [0.1, 0.15) is 57.6 Å². The number of para-hydroxylation sites is 2. The van der Waals surface area contributed by atoms with Gasteiger partial charge in [-0.2, -0.15) is 0 Å². The minimum Gasteiger partial charge on any atom is -0.392 e. The Hall–Kier alpha value is -5.29. The number of rotatable bonds is 11. The molecule has 280 valence electrons. The quantitative estimate of drug-likeness (QED) is 0.143. The fourth-order valence-electron chi connectivity index (χ4n) is 7.59. The van der Waals surface area contributed by atoms with Gasteiger partial charge in [-0.3, -0.25) is 19.6 Å². The third-order valence-corrected chi connectivity index (χ3v) is 10.9. The zero-order chi connectivity index (χ0) is 37.6. The molecule has 3 heterocycles. The zero-order valence-corrected chi connectivity index (χ0v) is 31.1. The number of fused-ring (bicyclic) bond motifs is 1. The van der Waals surface area contributed by atoms with Crippen LogP contribution >= 0.6 is 0 Å². The smallest absolute Gasteiger partial charge is 0.271 e. The first-order chi connectivity index (χ1) is 27.0. The number of hydrogen-bond donors (Lipinski definition) is 2. The Labute approximate surface area is 322 Å². The van der Waals surface area contributed by atoms with Crippen LogP contribution in [0.4, 0.5) is 0 Å². The SMILES string of the molecule is C[C@H]1[C@@H](CN2CCN(Cc3ccccc3)CC2)O[C@@H](c2ccc(-c3cccc(CNC(=O)c4cnc5ccccc5n4)c3)cc2)O[C@H]1c1ccc(CO)cc1. The molecule has 0 spiro atoms. The fourth-order valence-corrected chi connectivity index (χ4v) is 7.59. The molecule has 5 aromatic carbocycles. The molecule has 55 heavy (non-hydrogen) atoms. The molecule has 1 aromatic heterocycles. The van der Waals surface area contributed by atoms with Crippen molar-refractivity contribution in [2.45, 2.75) is 45.1 Å². The normalized spacial score (nSPS) is 20.7. The first kappa shape index (κ1) is 36.7. The third-order valence-electron chi connectivity index (χ3n) is 10.9. The van der Waals surface area contributed by atoms with Crippen molar-refractivity contribution in [3.8, 4) is 11.1 Å². The molecule has 4 atom stereocenters. The lowest BCUT2D eigenvalue weighted by atomic mass is 9.89. The van der Waals surface area contributed by atoms with Gasteiger partial charge < -0.3 is 19.9 Å². The summed E-state index contributed by atoms with van der Waals surface area (Å²) in [6.07, 6.45) is 0.788. The Morgan fingerprint density at radius 2 is 1.42 bits per heavy atom. The second-order valence-corrected chi connectivity index (χ2v) is 14.6. The maximum absolute atomic E-state index is 12.9. The van der Waals surface area contributed by atoms with Gasteiger partial charge in [0.2, 0.25) is 0 Å². The van der Waals surface area contributed by atoms with Crippen LogP contribution < -0.4 is 5.32 Å². The number of piperazine rings is 1. The number of hydrogen-bond acceptors (Lipinski definition) is 8. The number of ether oxygens (including phenoxy) is 2. The molecule has 2 saturated heterocycles. The number of benzene rings is 5. The molecular weight excluding hydrogens is 687 g/mol. The molecule has 9 heteroatoms. The molecule has 0 aliphatic carbocycles. The first-order valence-corrected chi connectivity index (χ1v) is 19.2. The van der Waals surface area contributed by atoms with Crippen LogP contribution in [0.5, 0.6) is 0 Å². The summed E-state index contributed by atoms with van der Waals surface area (Å²) in [5, 5.41) is 12.7. The van der Waals surface area contributed by atoms with Crippen molar-refractivity contribution in [2.75, 3.05) is 32.7 Å². The van der Waals surface area contributed by atoms with E-state index in [0.29, 0.717) is 17.8 Å². The van der Waals surface area contributed by atoms with Gasteiger partial charge in [0, 0.05) is 57.3 Å². The maximum atomic E-state index is 12.9. The van der Waals surface area contributed by atoms with E-state index in [1.54, 1.807) is 0 Å². The van der Waals surface area contributed by atoms with E-state index in [1.165, 1.54) is 11.8 Å². The van der Waals surface area contributed by atoms with Gasteiger partial charge in [0.15, 0.2) is 6.29 Å².